The van der Waals surface area contributed by atoms with Crippen molar-refractivity contribution < 1.29 is 18.0 Å². The number of hydrogen-bond donors (Lipinski definition) is 2. The van der Waals surface area contributed by atoms with Crippen molar-refractivity contribution in [3.63, 3.8) is 0 Å². The van der Waals surface area contributed by atoms with Crippen LogP contribution in [0.25, 0.3) is 11.1 Å². The van der Waals surface area contributed by atoms with Gasteiger partial charge < -0.3 is 5.32 Å². The van der Waals surface area contributed by atoms with Crippen LogP contribution in [0.3, 0.4) is 0 Å². The van der Waals surface area contributed by atoms with Gasteiger partial charge in [-0.3, -0.25) is 14.6 Å². The van der Waals surface area contributed by atoms with Crippen LogP contribution in [0, 0.1) is 0 Å². The van der Waals surface area contributed by atoms with Crippen molar-refractivity contribution in [2.75, 3.05) is 5.32 Å². The largest absolute Gasteiger partial charge is 0.307 e. The number of rotatable bonds is 7. The van der Waals surface area contributed by atoms with E-state index in [1.54, 1.807) is 66.9 Å². The number of carbonyl (C=O) groups excluding carboxylic acids is 2. The number of aromatic nitrogens is 2. The van der Waals surface area contributed by atoms with Crippen LogP contribution in [0.5, 0.6) is 0 Å². The number of nitrogens with two attached hydrogens (primary N) is 1. The van der Waals surface area contributed by atoms with E-state index in [4.69, 9.17) is 5.14 Å². The lowest BCUT2D eigenvalue weighted by Gasteiger charge is -2.10. The number of Topliss-reactive ketones (excluding diaryl/α,β-unsaturated/α-hetero) is 1. The summed E-state index contributed by atoms with van der Waals surface area (Å²) in [6.45, 7) is 0. The van der Waals surface area contributed by atoms with Crippen LogP contribution in [-0.2, 0) is 16.4 Å². The van der Waals surface area contributed by atoms with Crippen molar-refractivity contribution in [1.82, 2.24) is 9.97 Å². The number of nitrogens with one attached hydrogen (secondary N) is 1. The summed E-state index contributed by atoms with van der Waals surface area (Å²) in [7, 11) is -3.91. The summed E-state index contributed by atoms with van der Waals surface area (Å²) in [5.41, 5.74) is 2.25. The Morgan fingerprint density at radius 1 is 0.943 bits per heavy atom. The highest BCUT2D eigenvalue weighted by Crippen LogP contribution is 2.27. The van der Waals surface area contributed by atoms with E-state index in [1.807, 2.05) is 0 Å². The molecule has 0 aliphatic carbocycles. The molecule has 0 aliphatic rings. The maximum atomic E-state index is 13.0. The summed E-state index contributed by atoms with van der Waals surface area (Å²) < 4.78 is 24.6. The number of nitrogens with zero attached hydrogens (tertiary/aromatic N) is 2. The monoisotopic (exact) mass is 550 g/mol. The van der Waals surface area contributed by atoms with E-state index in [0.717, 1.165) is 4.47 Å². The topological polar surface area (TPSA) is 132 Å². The molecule has 0 atom stereocenters. The first-order valence-electron chi connectivity index (χ1n) is 10.3. The lowest BCUT2D eigenvalue weighted by atomic mass is 9.98. The van der Waals surface area contributed by atoms with Gasteiger partial charge in [-0.05, 0) is 51.3 Å². The van der Waals surface area contributed by atoms with Gasteiger partial charge in [-0.25, -0.2) is 18.5 Å². The second-order valence-corrected chi connectivity index (χ2v) is 10.0. The number of halogens is 1. The number of benzene rings is 2. The molecule has 35 heavy (non-hydrogen) atoms. The van der Waals surface area contributed by atoms with Crippen LogP contribution >= 0.6 is 15.9 Å². The summed E-state index contributed by atoms with van der Waals surface area (Å²) in [5.74, 6) is -0.247. The average Bonchev–Trinajstić information content (AvgIpc) is 2.85. The number of amides is 1. The summed E-state index contributed by atoms with van der Waals surface area (Å²) in [5, 5.41) is 8.04. The molecular weight excluding hydrogens is 532 g/mol. The quantitative estimate of drug-likeness (QED) is 0.331. The zero-order valence-electron chi connectivity index (χ0n) is 18.2. The maximum absolute atomic E-state index is 13.0. The number of ketones is 1. The highest BCUT2D eigenvalue weighted by Gasteiger charge is 2.18. The second kappa shape index (κ2) is 10.3. The SMILES string of the molecule is NS(=O)(=O)c1ccccc1-c1ccc(C(=O)Cc2cnccc2C(=O)Nc2ccc(Br)cn2)cc1. The number of carbonyl (C=O) groups is 2. The van der Waals surface area contributed by atoms with Gasteiger partial charge in [-0.1, -0.05) is 42.5 Å². The summed E-state index contributed by atoms with van der Waals surface area (Å²) >= 11 is 3.29. The van der Waals surface area contributed by atoms with Gasteiger partial charge in [0.2, 0.25) is 10.0 Å². The van der Waals surface area contributed by atoms with Crippen LogP contribution in [0.1, 0.15) is 26.3 Å². The minimum atomic E-state index is -3.91. The third-order valence-electron chi connectivity index (χ3n) is 5.18. The van der Waals surface area contributed by atoms with Crippen molar-refractivity contribution in [3.05, 3.63) is 106 Å². The Morgan fingerprint density at radius 3 is 2.37 bits per heavy atom. The number of primary sulfonamides is 1. The minimum absolute atomic E-state index is 0.00496. The molecule has 1 amide bonds. The third-order valence-corrected chi connectivity index (χ3v) is 6.62. The molecule has 0 saturated heterocycles. The van der Waals surface area contributed by atoms with Crippen molar-refractivity contribution in [2.24, 2.45) is 5.14 Å². The Kier molecular flexibility index (Phi) is 7.15. The van der Waals surface area contributed by atoms with E-state index >= 15 is 0 Å². The van der Waals surface area contributed by atoms with Crippen molar-refractivity contribution in [3.8, 4) is 11.1 Å². The molecule has 2 aromatic carbocycles. The molecule has 4 rings (SSSR count). The first-order chi connectivity index (χ1) is 16.7. The Morgan fingerprint density at radius 2 is 1.69 bits per heavy atom. The number of pyridine rings is 2. The number of sulfonamides is 1. The molecule has 0 saturated carbocycles. The molecule has 4 aromatic rings. The number of anilines is 1. The van der Waals surface area contributed by atoms with Crippen LogP contribution < -0.4 is 10.5 Å². The molecule has 176 valence electrons. The predicted octanol–water partition coefficient (Wildman–Crippen LogP) is 4.23. The zero-order valence-corrected chi connectivity index (χ0v) is 20.6. The molecule has 0 radical (unpaired) electrons. The molecule has 3 N–H and O–H groups in total. The molecule has 2 aromatic heterocycles. The van der Waals surface area contributed by atoms with E-state index in [9.17, 15) is 18.0 Å². The standard InChI is InChI=1S/C25H19BrN4O4S/c26-19-9-10-24(29-15-19)30-25(32)21-11-12-28-14-18(21)13-22(31)17-7-5-16(6-8-17)20-3-1-2-4-23(20)35(27,33)34/h1-12,14-15H,13H2,(H2,27,33,34)(H,29,30,32). The van der Waals surface area contributed by atoms with Gasteiger partial charge in [0, 0.05) is 46.2 Å². The van der Waals surface area contributed by atoms with Gasteiger partial charge in [0.25, 0.3) is 5.91 Å². The van der Waals surface area contributed by atoms with Gasteiger partial charge in [0.1, 0.15) is 5.82 Å². The van der Waals surface area contributed by atoms with Gasteiger partial charge in [-0.2, -0.15) is 0 Å². The fraction of sp³-hybridized carbons (Fsp3) is 0.0400. The Hall–Kier alpha value is -3.73. The fourth-order valence-electron chi connectivity index (χ4n) is 3.49. The average molecular weight is 551 g/mol. The predicted molar refractivity (Wildman–Crippen MR) is 135 cm³/mol. The molecule has 2 heterocycles. The molecule has 0 bridgehead atoms. The first kappa shape index (κ1) is 24.4. The fourth-order valence-corrected chi connectivity index (χ4v) is 4.48. The van der Waals surface area contributed by atoms with E-state index < -0.39 is 15.9 Å². The molecular formula is C25H19BrN4O4S. The highest BCUT2D eigenvalue weighted by molar-refractivity contribution is 9.10. The van der Waals surface area contributed by atoms with Crippen molar-refractivity contribution in [1.29, 1.82) is 0 Å². The minimum Gasteiger partial charge on any atom is -0.307 e. The van der Waals surface area contributed by atoms with Crippen LogP contribution in [0.4, 0.5) is 5.82 Å². The Bertz CT molecular complexity index is 1510. The summed E-state index contributed by atoms with van der Waals surface area (Å²) in [6, 6.07) is 17.9. The molecule has 0 unspecified atom stereocenters. The molecule has 10 heteroatoms. The van der Waals surface area contributed by atoms with E-state index in [-0.39, 0.29) is 17.1 Å². The lowest BCUT2D eigenvalue weighted by Crippen LogP contribution is -2.17. The lowest BCUT2D eigenvalue weighted by molar-refractivity contribution is 0.0992. The molecule has 0 aliphatic heterocycles. The van der Waals surface area contributed by atoms with E-state index in [2.05, 4.69) is 31.2 Å². The molecule has 0 spiro atoms. The Balaban J connectivity index is 1.53. The van der Waals surface area contributed by atoms with Crippen molar-refractivity contribution >= 4 is 43.5 Å². The van der Waals surface area contributed by atoms with Gasteiger partial charge in [-0.15, -0.1) is 0 Å². The zero-order chi connectivity index (χ0) is 25.0. The number of hydrogen-bond acceptors (Lipinski definition) is 6. The maximum Gasteiger partial charge on any atom is 0.257 e. The second-order valence-electron chi connectivity index (χ2n) is 7.57. The highest BCUT2D eigenvalue weighted by atomic mass is 79.9. The van der Waals surface area contributed by atoms with Gasteiger partial charge in [0.15, 0.2) is 5.78 Å². The van der Waals surface area contributed by atoms with Gasteiger partial charge in [0.05, 0.1) is 4.90 Å². The molecule has 0 fully saturated rings. The normalized spacial score (nSPS) is 11.1. The van der Waals surface area contributed by atoms with E-state index in [0.29, 0.717) is 33.6 Å². The molecule has 8 nitrogen and oxygen atoms in total. The van der Waals surface area contributed by atoms with Crippen LogP contribution in [0.2, 0.25) is 0 Å². The first-order valence-corrected chi connectivity index (χ1v) is 12.7. The summed E-state index contributed by atoms with van der Waals surface area (Å²) in [6.07, 6.45) is 4.49. The Labute approximate surface area is 210 Å². The van der Waals surface area contributed by atoms with Crippen molar-refractivity contribution in [2.45, 2.75) is 11.3 Å². The van der Waals surface area contributed by atoms with E-state index in [1.165, 1.54) is 18.5 Å². The third kappa shape index (κ3) is 5.86. The van der Waals surface area contributed by atoms with Gasteiger partial charge >= 0.3 is 0 Å². The van der Waals surface area contributed by atoms with Crippen LogP contribution in [-0.4, -0.2) is 30.1 Å². The summed E-state index contributed by atoms with van der Waals surface area (Å²) in [4.78, 5) is 33.9. The van der Waals surface area contributed by atoms with Crippen LogP contribution in [0.15, 0.2) is 94.7 Å². The smallest absolute Gasteiger partial charge is 0.257 e.